The smallest absolute Gasteiger partial charge is 0.417 e. The molecule has 0 radical (unpaired) electrons. The second-order valence-electron chi connectivity index (χ2n) is 7.41. The Labute approximate surface area is 192 Å². The average Bonchev–Trinajstić information content (AvgIpc) is 2.73. The lowest BCUT2D eigenvalue weighted by atomic mass is 10.1. The maximum absolute atomic E-state index is 12.8. The monoisotopic (exact) mass is 495 g/mol. The molecule has 1 aromatic rings. The van der Waals surface area contributed by atoms with Crippen LogP contribution in [0.3, 0.4) is 0 Å². The summed E-state index contributed by atoms with van der Waals surface area (Å²) in [6.07, 6.45) is -2.68. The first-order chi connectivity index (χ1) is 15.5. The quantitative estimate of drug-likeness (QED) is 0.281. The molecule has 0 aromatic heterocycles. The van der Waals surface area contributed by atoms with Gasteiger partial charge in [0.15, 0.2) is 0 Å². The van der Waals surface area contributed by atoms with Crippen molar-refractivity contribution in [2.24, 2.45) is 5.73 Å². The average molecular weight is 496 g/mol. The molecule has 1 heterocycles. The fourth-order valence-corrected chi connectivity index (χ4v) is 3.45. The number of nitro groups is 1. The number of carbonyl (C=O) groups excluding carboxylic acids is 1. The Hall–Kier alpha value is -2.77. The summed E-state index contributed by atoms with van der Waals surface area (Å²) in [7, 11) is 0. The van der Waals surface area contributed by atoms with Gasteiger partial charge in [0.05, 0.1) is 36.0 Å². The largest absolute Gasteiger partial charge is 0.490 e. The molecule has 1 aromatic carbocycles. The summed E-state index contributed by atoms with van der Waals surface area (Å²) in [5.74, 6) is -0.688. The fraction of sp³-hybridized carbons (Fsp3) is 0.526. The van der Waals surface area contributed by atoms with E-state index in [9.17, 15) is 33.2 Å². The number of amides is 1. The van der Waals surface area contributed by atoms with Gasteiger partial charge in [-0.25, -0.2) is 0 Å². The number of likely N-dealkylation sites (tertiary alicyclic amines) is 1. The van der Waals surface area contributed by atoms with Crippen molar-refractivity contribution >= 4 is 17.5 Å². The van der Waals surface area contributed by atoms with Crippen molar-refractivity contribution in [3.05, 3.63) is 50.9 Å². The van der Waals surface area contributed by atoms with Crippen molar-refractivity contribution in [3.63, 3.8) is 0 Å². The van der Waals surface area contributed by atoms with E-state index in [1.807, 2.05) is 4.90 Å². The van der Waals surface area contributed by atoms with Crippen molar-refractivity contribution in [2.45, 2.75) is 31.2 Å². The van der Waals surface area contributed by atoms with Gasteiger partial charge in [0, 0.05) is 19.6 Å². The number of piperidine rings is 1. The van der Waals surface area contributed by atoms with Crippen LogP contribution in [0.1, 0.15) is 18.4 Å². The third-order valence-corrected chi connectivity index (χ3v) is 5.17. The summed E-state index contributed by atoms with van der Waals surface area (Å²) in [6, 6.07) is 2.58. The topological polar surface area (TPSA) is 143 Å². The highest BCUT2D eigenvalue weighted by Gasteiger charge is 2.33. The van der Waals surface area contributed by atoms with Crippen LogP contribution in [0.4, 0.5) is 13.2 Å². The van der Waals surface area contributed by atoms with E-state index >= 15 is 0 Å². The summed E-state index contributed by atoms with van der Waals surface area (Å²) in [4.78, 5) is 23.8. The van der Waals surface area contributed by atoms with Crippen LogP contribution in [-0.2, 0) is 11.0 Å². The molecular weight excluding hydrogens is 471 g/mol. The van der Waals surface area contributed by atoms with E-state index in [2.05, 4.69) is 10.6 Å². The molecule has 5 N–H and O–H groups in total. The van der Waals surface area contributed by atoms with E-state index in [0.29, 0.717) is 25.9 Å². The number of hydrogen-bond donors (Lipinski definition) is 4. The molecule has 33 heavy (non-hydrogen) atoms. The third kappa shape index (κ3) is 8.59. The van der Waals surface area contributed by atoms with E-state index in [4.69, 9.17) is 22.1 Å². The van der Waals surface area contributed by atoms with Crippen molar-refractivity contribution in [1.82, 2.24) is 15.5 Å². The molecule has 1 aliphatic rings. The van der Waals surface area contributed by atoms with Crippen molar-refractivity contribution in [2.75, 3.05) is 32.8 Å². The van der Waals surface area contributed by atoms with E-state index in [0.717, 1.165) is 18.3 Å². The van der Waals surface area contributed by atoms with E-state index in [-0.39, 0.29) is 37.5 Å². The minimum atomic E-state index is -4.54. The lowest BCUT2D eigenvalue weighted by Gasteiger charge is -2.32. The van der Waals surface area contributed by atoms with Crippen LogP contribution < -0.4 is 21.1 Å². The van der Waals surface area contributed by atoms with Gasteiger partial charge in [-0.15, -0.1) is 0 Å². The highest BCUT2D eigenvalue weighted by Crippen LogP contribution is 2.36. The predicted octanol–water partition coefficient (Wildman–Crippen LogP) is 1.30. The van der Waals surface area contributed by atoms with Crippen LogP contribution in [0, 0.1) is 10.1 Å². The molecule has 10 nitrogen and oxygen atoms in total. The Morgan fingerprint density at radius 1 is 1.42 bits per heavy atom. The molecule has 1 amide bonds. The number of carbonyl (C=O) groups is 1. The van der Waals surface area contributed by atoms with Crippen LogP contribution in [0.2, 0.25) is 5.02 Å². The number of rotatable bonds is 10. The Morgan fingerprint density at radius 3 is 2.64 bits per heavy atom. The van der Waals surface area contributed by atoms with Gasteiger partial charge in [0.2, 0.25) is 5.91 Å². The highest BCUT2D eigenvalue weighted by atomic mass is 35.5. The Morgan fingerprint density at radius 2 is 2.09 bits per heavy atom. The number of hydrogen-bond acceptors (Lipinski definition) is 8. The molecule has 0 saturated carbocycles. The van der Waals surface area contributed by atoms with E-state index < -0.39 is 33.5 Å². The molecular formula is C19H25ClF3N5O5. The minimum absolute atomic E-state index is 0.0440. The SMILES string of the molecule is N/C(=C\NC[C@@H](CO)NC(=O)CN1CCC(Oc2ccc(C(F)(F)F)c(Cl)c2)CC1)[N+](=O)[O-]. The van der Waals surface area contributed by atoms with Crippen LogP contribution in [0.15, 0.2) is 30.2 Å². The first kappa shape index (κ1) is 26.5. The third-order valence-electron chi connectivity index (χ3n) is 4.86. The molecule has 1 atom stereocenters. The normalized spacial score (nSPS) is 16.8. The number of nitrogens with one attached hydrogen (secondary N) is 2. The highest BCUT2D eigenvalue weighted by molar-refractivity contribution is 6.31. The lowest BCUT2D eigenvalue weighted by Crippen LogP contribution is -2.49. The standard InChI is InChI=1S/C19H25ClF3N5O5/c20-16-7-14(1-2-15(16)19(21,22)23)33-13-3-5-27(6-4-13)10-18(30)26-12(11-29)8-25-9-17(24)28(31)32/h1-2,7,9,12-13,25,29H,3-6,8,10-11,24H2,(H,26,30)/b17-9+/t12-/m0/s1. The summed E-state index contributed by atoms with van der Waals surface area (Å²) >= 11 is 5.71. The molecule has 14 heteroatoms. The zero-order valence-corrected chi connectivity index (χ0v) is 18.2. The van der Waals surface area contributed by atoms with Crippen molar-refractivity contribution < 1.29 is 32.7 Å². The number of aliphatic hydroxyl groups is 1. The predicted molar refractivity (Wildman–Crippen MR) is 113 cm³/mol. The fourth-order valence-electron chi connectivity index (χ4n) is 3.17. The Bertz CT molecular complexity index is 863. The number of alkyl halides is 3. The van der Waals surface area contributed by atoms with Crippen LogP contribution in [0.5, 0.6) is 5.75 Å². The minimum Gasteiger partial charge on any atom is -0.490 e. The van der Waals surface area contributed by atoms with Gasteiger partial charge in [-0.05, 0) is 36.0 Å². The van der Waals surface area contributed by atoms with Crippen LogP contribution in [0.25, 0.3) is 0 Å². The summed E-state index contributed by atoms with van der Waals surface area (Å²) in [6.45, 7) is 0.786. The Kier molecular flexibility index (Phi) is 9.56. The van der Waals surface area contributed by atoms with E-state index in [1.165, 1.54) is 6.07 Å². The zero-order valence-electron chi connectivity index (χ0n) is 17.5. The number of nitrogens with two attached hydrogens (primary N) is 1. The van der Waals surface area contributed by atoms with Gasteiger partial charge in [-0.1, -0.05) is 11.6 Å². The van der Waals surface area contributed by atoms with Crippen LogP contribution in [-0.4, -0.2) is 65.8 Å². The van der Waals surface area contributed by atoms with Gasteiger partial charge < -0.3 is 30.6 Å². The van der Waals surface area contributed by atoms with Gasteiger partial charge in [0.25, 0.3) is 0 Å². The second kappa shape index (κ2) is 11.9. The summed E-state index contributed by atoms with van der Waals surface area (Å²) in [5, 5.41) is 24.5. The first-order valence-corrected chi connectivity index (χ1v) is 10.4. The zero-order chi connectivity index (χ0) is 24.6. The summed E-state index contributed by atoms with van der Waals surface area (Å²) < 4.78 is 44.1. The molecule has 1 fully saturated rings. The van der Waals surface area contributed by atoms with Gasteiger partial charge >= 0.3 is 12.0 Å². The van der Waals surface area contributed by atoms with Gasteiger partial charge in [0.1, 0.15) is 11.9 Å². The number of ether oxygens (including phenoxy) is 1. The number of aliphatic hydroxyl groups excluding tert-OH is 1. The van der Waals surface area contributed by atoms with Gasteiger partial charge in [-0.3, -0.25) is 15.4 Å². The molecule has 0 bridgehead atoms. The molecule has 1 saturated heterocycles. The summed E-state index contributed by atoms with van der Waals surface area (Å²) in [5.41, 5.74) is 4.22. The Balaban J connectivity index is 1.76. The van der Waals surface area contributed by atoms with E-state index in [1.54, 1.807) is 0 Å². The number of nitrogens with zero attached hydrogens (tertiary/aromatic N) is 2. The second-order valence-corrected chi connectivity index (χ2v) is 7.82. The van der Waals surface area contributed by atoms with Gasteiger partial charge in [-0.2, -0.15) is 13.2 Å². The first-order valence-electron chi connectivity index (χ1n) is 9.99. The molecule has 1 aliphatic heterocycles. The molecule has 0 aliphatic carbocycles. The molecule has 0 spiro atoms. The molecule has 184 valence electrons. The molecule has 2 rings (SSSR count). The van der Waals surface area contributed by atoms with Crippen LogP contribution >= 0.6 is 11.6 Å². The lowest BCUT2D eigenvalue weighted by molar-refractivity contribution is -0.426. The number of halogens is 4. The number of benzene rings is 1. The van der Waals surface area contributed by atoms with Crippen molar-refractivity contribution in [1.29, 1.82) is 0 Å². The molecule has 0 unspecified atom stereocenters. The van der Waals surface area contributed by atoms with Crippen molar-refractivity contribution in [3.8, 4) is 5.75 Å². The maximum atomic E-state index is 12.8. The maximum Gasteiger partial charge on any atom is 0.417 e.